The van der Waals surface area contributed by atoms with E-state index in [4.69, 9.17) is 0 Å². The van der Waals surface area contributed by atoms with Crippen LogP contribution in [0.4, 0.5) is 0 Å². The van der Waals surface area contributed by atoms with Crippen LogP contribution in [0.2, 0.25) is 0 Å². The molecule has 8 heteroatoms. The average Bonchev–Trinajstić information content (AvgIpc) is 2.07. The summed E-state index contributed by atoms with van der Waals surface area (Å²) in [7, 11) is 0. The van der Waals surface area contributed by atoms with E-state index in [9.17, 15) is 0 Å². The molecule has 6 nitrogen and oxygen atoms in total. The van der Waals surface area contributed by atoms with Crippen molar-refractivity contribution in [3.05, 3.63) is 336 Å². The molecule has 0 aliphatic carbocycles. The first-order chi connectivity index (χ1) is 42.6. The van der Waals surface area contributed by atoms with Crippen LogP contribution < -0.4 is 0 Å². The molecular weight excluding hydrogens is 1430 g/mol. The largest absolute Gasteiger partial charge is 3.00 e. The molecule has 5 heterocycles. The second kappa shape index (κ2) is 28.7. The summed E-state index contributed by atoms with van der Waals surface area (Å²) in [4.78, 5) is 27.2. The Hall–Kier alpha value is -10.3. The van der Waals surface area contributed by atoms with E-state index in [0.717, 1.165) is 123 Å². The van der Waals surface area contributed by atoms with Gasteiger partial charge in [0, 0.05) is 37.2 Å². The smallest absolute Gasteiger partial charge is 0.333 e. The van der Waals surface area contributed by atoms with Gasteiger partial charge in [0.05, 0.1) is 0 Å². The number of hydrogen-bond donors (Lipinski definition) is 0. The Kier molecular flexibility index (Phi) is 19.4. The average molecular weight is 1480 g/mol. The Balaban J connectivity index is 0.00000400. The van der Waals surface area contributed by atoms with Gasteiger partial charge in [0.1, 0.15) is 0 Å². The zero-order chi connectivity index (χ0) is 57.7. The zero-order valence-corrected chi connectivity index (χ0v) is 52.0. The molecule has 418 valence electrons. The van der Waals surface area contributed by atoms with Crippen LogP contribution >= 0.6 is 0 Å². The minimum Gasteiger partial charge on any atom is -0.333 e. The molecule has 0 fully saturated rings. The van der Waals surface area contributed by atoms with E-state index in [1.54, 1.807) is 37.2 Å². The molecule has 0 radical (unpaired) electrons. The predicted molar refractivity (Wildman–Crippen MR) is 351 cm³/mol. The molecule has 0 spiro atoms. The topological polar surface area (TPSA) is 77.3 Å². The van der Waals surface area contributed by atoms with Gasteiger partial charge in [-0.25, -0.2) is 17.7 Å². The van der Waals surface area contributed by atoms with Gasteiger partial charge in [0.2, 0.25) is 0 Å². The molecule has 0 aliphatic heterocycles. The van der Waals surface area contributed by atoms with E-state index >= 15 is 0 Å². The number of rotatable bonds is 16. The van der Waals surface area contributed by atoms with Gasteiger partial charge in [0.25, 0.3) is 0 Å². The molecule has 0 bridgehead atoms. The van der Waals surface area contributed by atoms with Crippen molar-refractivity contribution < 1.29 is 40.2 Å². The van der Waals surface area contributed by atoms with Crippen LogP contribution in [0.5, 0.6) is 0 Å². The summed E-state index contributed by atoms with van der Waals surface area (Å²) in [5.41, 5.74) is 22.2. The summed E-state index contributed by atoms with van der Waals surface area (Å²) in [5, 5.41) is 0. The molecule has 13 rings (SSSR count). The fourth-order valence-electron chi connectivity index (χ4n) is 10.1. The Morgan fingerprint density at radius 3 is 0.864 bits per heavy atom. The van der Waals surface area contributed by atoms with Gasteiger partial charge in [0.15, 0.2) is 0 Å². The number of benzene rings is 8. The normalized spacial score (nSPS) is 11.3. The van der Waals surface area contributed by atoms with Crippen molar-refractivity contribution in [3.8, 4) is 89.8 Å². The van der Waals surface area contributed by atoms with Crippen molar-refractivity contribution in [2.45, 2.75) is 0 Å². The van der Waals surface area contributed by atoms with Gasteiger partial charge >= 0.3 is 40.2 Å². The summed E-state index contributed by atoms with van der Waals surface area (Å²) in [5.74, 6) is 0.556. The van der Waals surface area contributed by atoms with Crippen molar-refractivity contribution in [2.75, 3.05) is 0 Å². The van der Waals surface area contributed by atoms with Gasteiger partial charge in [-0.3, -0.25) is 12.1 Å². The second-order valence-electron chi connectivity index (χ2n) is 20.3. The molecule has 0 N–H and O–H groups in total. The van der Waals surface area contributed by atoms with Crippen LogP contribution in [0.15, 0.2) is 256 Å². The first-order valence-electron chi connectivity index (χ1n) is 28.2. The number of hydrogen-bond acceptors (Lipinski definition) is 6. The third-order valence-electron chi connectivity index (χ3n) is 14.4. The molecule has 13 aromatic rings. The summed E-state index contributed by atoms with van der Waals surface area (Å²) in [6.45, 7) is 0. The summed E-state index contributed by atoms with van der Waals surface area (Å²) < 4.78 is 0. The maximum absolute atomic E-state index is 4.54. The third-order valence-corrected chi connectivity index (χ3v) is 14.4. The minimum absolute atomic E-state index is 0. The van der Waals surface area contributed by atoms with E-state index in [0.29, 0.717) is 11.4 Å². The van der Waals surface area contributed by atoms with Crippen LogP contribution in [0, 0.1) is 36.4 Å². The zero-order valence-electron chi connectivity index (χ0n) is 47.2. The number of pyridine rings is 4. The van der Waals surface area contributed by atoms with Gasteiger partial charge in [-0.2, -0.15) is 5.56 Å². The van der Waals surface area contributed by atoms with E-state index < -0.39 is 0 Å². The fraction of sp³-hybridized carbons (Fsp3) is 0. The predicted octanol–water partition coefficient (Wildman–Crippen LogP) is 18.9. The van der Waals surface area contributed by atoms with E-state index in [-0.39, 0.29) is 40.2 Å². The van der Waals surface area contributed by atoms with Gasteiger partial charge in [-0.15, -0.1) is 142 Å². The maximum atomic E-state index is 4.54. The third kappa shape index (κ3) is 14.7. The van der Waals surface area contributed by atoms with E-state index in [1.807, 2.05) is 115 Å². The van der Waals surface area contributed by atoms with Crippen molar-refractivity contribution in [1.82, 2.24) is 29.9 Å². The fourth-order valence-corrected chi connectivity index (χ4v) is 10.1. The van der Waals surface area contributed by atoms with Crippen LogP contribution in [0.25, 0.3) is 138 Å². The maximum Gasteiger partial charge on any atom is 3.00 e. The quantitative estimate of drug-likeness (QED) is 0.0709. The van der Waals surface area contributed by atoms with Crippen molar-refractivity contribution >= 4 is 48.6 Å². The molecule has 0 aliphatic rings. The number of aromatic nitrogens is 6. The molecule has 8 aromatic carbocycles. The van der Waals surface area contributed by atoms with Gasteiger partial charge in [-0.05, 0) is 140 Å². The standard InChI is InChI=1S/C80H50N6.2Ir/c1-5-45-81-75(13-1)65-33-25-57(26-34-65)17-21-61-51-62(22-18-58-27-35-66(36-28-58)76-14-2-6-46-82-76)54-71(53-61)73-11-9-12-74(79(73)69-41-43-70(44-42-69)80-85-49-10-50-86-80)72-55-63(23-19-59-29-37-67(38-30-59)77-15-3-7-47-83-77)52-64(56-72)24-20-60-31-39-68(40-32-60)78-16-4-8-48-84-78;;/h1-33,35,37,39,41-42,45-56H;;/q-6;2*+3/b21-17-,22-18?,23-19?,24-20?;;. The van der Waals surface area contributed by atoms with Crippen LogP contribution in [0.1, 0.15) is 44.5 Å². The minimum atomic E-state index is 0. The van der Waals surface area contributed by atoms with Crippen molar-refractivity contribution in [1.29, 1.82) is 0 Å². The molecule has 0 atom stereocenters. The SMILES string of the molecule is [Ir+3].[Ir+3].[c-]1cc(-c2c(-c3cc(C=Cc4c[c-]c(-c5ccccn5)cc4)cc(C=Cc4c[c-]c(-c5ccccn5)cc4)c3)cccc2-c2cc(C=Cc3c[c-]c(-c4ccccn4)cc3)cc(/C=C\c3c[c-]c(-c4ccccn4)cc3)c2)c[c-]c1-c1ncccn1. The first kappa shape index (κ1) is 59.4. The second-order valence-corrected chi connectivity index (χ2v) is 20.3. The van der Waals surface area contributed by atoms with Gasteiger partial charge in [-0.1, -0.05) is 121 Å². The molecular formula is C80H50Ir2N6. The Bertz CT molecular complexity index is 4070. The molecule has 0 unspecified atom stereocenters. The van der Waals surface area contributed by atoms with Crippen LogP contribution in [0.3, 0.4) is 0 Å². The monoisotopic (exact) mass is 1480 g/mol. The molecule has 88 heavy (non-hydrogen) atoms. The Morgan fingerprint density at radius 2 is 0.568 bits per heavy atom. The molecule has 5 aromatic heterocycles. The summed E-state index contributed by atoms with van der Waals surface area (Å²) in [6.07, 6.45) is 27.9. The van der Waals surface area contributed by atoms with Crippen molar-refractivity contribution in [2.24, 2.45) is 0 Å². The molecule has 0 saturated heterocycles. The summed E-state index contributed by atoms with van der Waals surface area (Å²) >= 11 is 0. The first-order valence-corrected chi connectivity index (χ1v) is 28.2. The van der Waals surface area contributed by atoms with Crippen LogP contribution in [-0.4, -0.2) is 29.9 Å². The van der Waals surface area contributed by atoms with Crippen LogP contribution in [-0.2, 0) is 40.2 Å². The Labute approximate surface area is 541 Å². The van der Waals surface area contributed by atoms with E-state index in [2.05, 4.69) is 218 Å². The summed E-state index contributed by atoms with van der Waals surface area (Å²) in [6, 6.07) is 95.1. The molecule has 0 saturated carbocycles. The molecule has 0 amide bonds. The Morgan fingerprint density at radius 1 is 0.250 bits per heavy atom. The van der Waals surface area contributed by atoms with E-state index in [1.165, 1.54) is 0 Å². The number of nitrogens with zero attached hydrogens (tertiary/aromatic N) is 6. The van der Waals surface area contributed by atoms with Crippen molar-refractivity contribution in [3.63, 3.8) is 0 Å². The van der Waals surface area contributed by atoms with Gasteiger partial charge < -0.3 is 29.9 Å².